The van der Waals surface area contributed by atoms with E-state index in [-0.39, 0.29) is 5.91 Å². The van der Waals surface area contributed by atoms with Gasteiger partial charge >= 0.3 is 0 Å². The number of amides is 1. The molecule has 1 aliphatic rings. The van der Waals surface area contributed by atoms with Gasteiger partial charge in [-0.15, -0.1) is 0 Å². The van der Waals surface area contributed by atoms with Gasteiger partial charge in [-0.05, 0) is 56.4 Å². The molecule has 0 aromatic heterocycles. The van der Waals surface area contributed by atoms with Gasteiger partial charge < -0.3 is 14.5 Å². The van der Waals surface area contributed by atoms with Crippen LogP contribution < -0.4 is 4.74 Å². The summed E-state index contributed by atoms with van der Waals surface area (Å²) in [6.07, 6.45) is 3.44. The second-order valence-electron chi connectivity index (χ2n) is 7.61. The van der Waals surface area contributed by atoms with E-state index in [1.165, 1.54) is 18.4 Å². The van der Waals surface area contributed by atoms with Crippen LogP contribution in [0.1, 0.15) is 32.3 Å². The lowest BCUT2D eigenvalue weighted by molar-refractivity contribution is -0.131. The number of hydrogen-bond acceptors (Lipinski definition) is 4. The Kier molecular flexibility index (Phi) is 9.08. The van der Waals surface area contributed by atoms with Crippen LogP contribution in [0.25, 0.3) is 0 Å². The maximum absolute atomic E-state index is 12.5. The Morgan fingerprint density at radius 3 is 2.70 bits per heavy atom. The molecular formula is C22H37N3O2. The Labute approximate surface area is 165 Å². The van der Waals surface area contributed by atoms with Crippen LogP contribution in [0.4, 0.5) is 0 Å². The Balaban J connectivity index is 1.80. The molecule has 0 saturated carbocycles. The zero-order valence-corrected chi connectivity index (χ0v) is 17.6. The molecule has 1 atom stereocenters. The SMILES string of the molecule is CCN(CC)CC(=O)N(C)C[C@@H]1CCCN(CCc2ccccc2OC)C1. The molecule has 0 bridgehead atoms. The summed E-state index contributed by atoms with van der Waals surface area (Å²) in [5.74, 6) is 1.79. The quantitative estimate of drug-likeness (QED) is 0.630. The molecule has 1 amide bonds. The number of carbonyl (C=O) groups excluding carboxylic acids is 1. The third-order valence-electron chi connectivity index (χ3n) is 5.70. The van der Waals surface area contributed by atoms with Gasteiger partial charge in [-0.3, -0.25) is 9.69 Å². The highest BCUT2D eigenvalue weighted by Gasteiger charge is 2.23. The molecule has 1 aromatic carbocycles. The molecule has 1 fully saturated rings. The number of ether oxygens (including phenoxy) is 1. The standard InChI is InChI=1S/C22H37N3O2/c1-5-24(6-2)18-22(26)23(3)16-19-10-9-14-25(17-19)15-13-20-11-7-8-12-21(20)27-4/h7-8,11-12,19H,5-6,9-10,13-18H2,1-4H3/t19-/m0/s1. The van der Waals surface area contributed by atoms with E-state index < -0.39 is 0 Å². The lowest BCUT2D eigenvalue weighted by atomic mass is 9.97. The van der Waals surface area contributed by atoms with Crippen molar-refractivity contribution >= 4 is 5.91 Å². The number of rotatable bonds is 10. The highest BCUT2D eigenvalue weighted by Crippen LogP contribution is 2.21. The number of piperidine rings is 1. The smallest absolute Gasteiger partial charge is 0.236 e. The van der Waals surface area contributed by atoms with Crippen LogP contribution in [0.15, 0.2) is 24.3 Å². The van der Waals surface area contributed by atoms with Crippen LogP contribution in [-0.4, -0.2) is 80.6 Å². The van der Waals surface area contributed by atoms with Crippen molar-refractivity contribution in [2.24, 2.45) is 5.92 Å². The van der Waals surface area contributed by atoms with Gasteiger partial charge in [-0.2, -0.15) is 0 Å². The lowest BCUT2D eigenvalue weighted by Gasteiger charge is -2.35. The van der Waals surface area contributed by atoms with Crippen molar-refractivity contribution < 1.29 is 9.53 Å². The second kappa shape index (κ2) is 11.3. The first-order chi connectivity index (χ1) is 13.1. The second-order valence-corrected chi connectivity index (χ2v) is 7.61. The zero-order valence-electron chi connectivity index (χ0n) is 17.6. The molecule has 27 heavy (non-hydrogen) atoms. The maximum atomic E-state index is 12.5. The number of hydrogen-bond donors (Lipinski definition) is 0. The minimum absolute atomic E-state index is 0.241. The highest BCUT2D eigenvalue weighted by atomic mass is 16.5. The minimum Gasteiger partial charge on any atom is -0.496 e. The van der Waals surface area contributed by atoms with Crippen molar-refractivity contribution in [2.45, 2.75) is 33.1 Å². The number of likely N-dealkylation sites (N-methyl/N-ethyl adjacent to an activating group) is 2. The van der Waals surface area contributed by atoms with Crippen LogP contribution in [0.5, 0.6) is 5.75 Å². The van der Waals surface area contributed by atoms with Crippen molar-refractivity contribution in [3.05, 3.63) is 29.8 Å². The summed E-state index contributed by atoms with van der Waals surface area (Å²) in [5, 5.41) is 0. The first kappa shape index (κ1) is 21.7. The summed E-state index contributed by atoms with van der Waals surface area (Å²) in [5.41, 5.74) is 1.27. The molecule has 0 N–H and O–H groups in total. The largest absolute Gasteiger partial charge is 0.496 e. The van der Waals surface area contributed by atoms with Crippen molar-refractivity contribution in [2.75, 3.05) is 60.0 Å². The fourth-order valence-corrected chi connectivity index (χ4v) is 3.94. The highest BCUT2D eigenvalue weighted by molar-refractivity contribution is 5.78. The van der Waals surface area contributed by atoms with Gasteiger partial charge in [0, 0.05) is 26.7 Å². The van der Waals surface area contributed by atoms with E-state index >= 15 is 0 Å². The Morgan fingerprint density at radius 2 is 2.00 bits per heavy atom. The molecule has 5 heteroatoms. The summed E-state index contributed by atoms with van der Waals surface area (Å²) in [6.45, 7) is 10.8. The van der Waals surface area contributed by atoms with Crippen LogP contribution in [0.3, 0.4) is 0 Å². The molecule has 1 saturated heterocycles. The molecule has 5 nitrogen and oxygen atoms in total. The molecule has 1 aromatic rings. The van der Waals surface area contributed by atoms with E-state index in [4.69, 9.17) is 4.74 Å². The number of methoxy groups -OCH3 is 1. The molecular weight excluding hydrogens is 338 g/mol. The van der Waals surface area contributed by atoms with Crippen molar-refractivity contribution in [1.29, 1.82) is 0 Å². The molecule has 0 radical (unpaired) electrons. The number of carbonyl (C=O) groups is 1. The Morgan fingerprint density at radius 1 is 1.26 bits per heavy atom. The van der Waals surface area contributed by atoms with Crippen LogP contribution in [0.2, 0.25) is 0 Å². The van der Waals surface area contributed by atoms with Gasteiger partial charge in [0.25, 0.3) is 0 Å². The number of likely N-dealkylation sites (tertiary alicyclic amines) is 1. The van der Waals surface area contributed by atoms with Crippen molar-refractivity contribution in [3.8, 4) is 5.75 Å². The molecule has 0 spiro atoms. The first-order valence-electron chi connectivity index (χ1n) is 10.4. The first-order valence-corrected chi connectivity index (χ1v) is 10.4. The van der Waals surface area contributed by atoms with Crippen LogP contribution >= 0.6 is 0 Å². The topological polar surface area (TPSA) is 36.0 Å². The lowest BCUT2D eigenvalue weighted by Crippen LogP contribution is -2.44. The van der Waals surface area contributed by atoms with Crippen LogP contribution in [-0.2, 0) is 11.2 Å². The van der Waals surface area contributed by atoms with Gasteiger partial charge in [-0.1, -0.05) is 32.0 Å². The maximum Gasteiger partial charge on any atom is 0.236 e. The third kappa shape index (κ3) is 6.82. The van der Waals surface area contributed by atoms with E-state index in [2.05, 4.69) is 35.8 Å². The fourth-order valence-electron chi connectivity index (χ4n) is 3.94. The molecule has 0 unspecified atom stereocenters. The van der Waals surface area contributed by atoms with Gasteiger partial charge in [0.05, 0.1) is 13.7 Å². The normalized spacial score (nSPS) is 17.9. The van der Waals surface area contributed by atoms with E-state index in [1.54, 1.807) is 7.11 Å². The van der Waals surface area contributed by atoms with Gasteiger partial charge in [0.2, 0.25) is 5.91 Å². The summed E-state index contributed by atoms with van der Waals surface area (Å²) < 4.78 is 5.47. The molecule has 152 valence electrons. The molecule has 0 aliphatic carbocycles. The van der Waals surface area contributed by atoms with Crippen molar-refractivity contribution in [3.63, 3.8) is 0 Å². The number of para-hydroxylation sites is 1. The summed E-state index contributed by atoms with van der Waals surface area (Å²) in [7, 11) is 3.69. The Bertz CT molecular complexity index is 574. The van der Waals surface area contributed by atoms with Gasteiger partial charge in [0.1, 0.15) is 5.75 Å². The summed E-state index contributed by atoms with van der Waals surface area (Å²) >= 11 is 0. The zero-order chi connectivity index (χ0) is 19.6. The Hall–Kier alpha value is -1.59. The van der Waals surface area contributed by atoms with Gasteiger partial charge in [-0.25, -0.2) is 0 Å². The summed E-state index contributed by atoms with van der Waals surface area (Å²) in [4.78, 5) is 19.1. The molecule has 2 rings (SSSR count). The van der Waals surface area contributed by atoms with E-state index in [0.717, 1.165) is 51.4 Å². The van der Waals surface area contributed by atoms with E-state index in [1.807, 2.05) is 24.1 Å². The molecule has 1 heterocycles. The fraction of sp³-hybridized carbons (Fsp3) is 0.682. The number of nitrogens with zero attached hydrogens (tertiary/aromatic N) is 3. The van der Waals surface area contributed by atoms with E-state index in [9.17, 15) is 4.79 Å². The number of benzene rings is 1. The summed E-state index contributed by atoms with van der Waals surface area (Å²) in [6, 6.07) is 8.28. The average molecular weight is 376 g/mol. The van der Waals surface area contributed by atoms with E-state index in [0.29, 0.717) is 12.5 Å². The monoisotopic (exact) mass is 375 g/mol. The van der Waals surface area contributed by atoms with Crippen molar-refractivity contribution in [1.82, 2.24) is 14.7 Å². The minimum atomic E-state index is 0.241. The predicted octanol–water partition coefficient (Wildman–Crippen LogP) is 2.75. The average Bonchev–Trinajstić information content (AvgIpc) is 2.70. The predicted molar refractivity (Wildman–Crippen MR) is 111 cm³/mol. The van der Waals surface area contributed by atoms with Crippen LogP contribution in [0, 0.1) is 5.92 Å². The van der Waals surface area contributed by atoms with Gasteiger partial charge in [0.15, 0.2) is 0 Å². The molecule has 1 aliphatic heterocycles. The third-order valence-corrected chi connectivity index (χ3v) is 5.70.